The Morgan fingerprint density at radius 1 is 1.35 bits per heavy atom. The van der Waals surface area contributed by atoms with Gasteiger partial charge < -0.3 is 10.1 Å². The maximum atomic E-state index is 13.9. The number of nitro groups is 1. The Morgan fingerprint density at radius 3 is 2.79 bits per heavy atom. The second-order valence-electron chi connectivity index (χ2n) is 6.83. The van der Waals surface area contributed by atoms with Crippen LogP contribution in [0.25, 0.3) is 0 Å². The Bertz CT molecular complexity index is 1240. The SMILES string of the molecule is C=CCn1c(SCC(=O)Nc2cc([N+](=O)[O-])ccc2Cl)nnc1C(C)Oc1ccc(F)cc1F. The number of nitrogens with one attached hydrogen (secondary N) is 1. The molecule has 1 N–H and O–H groups in total. The fraction of sp³-hybridized carbons (Fsp3) is 0.190. The average molecular weight is 510 g/mol. The number of halogens is 3. The van der Waals surface area contributed by atoms with Gasteiger partial charge in [0, 0.05) is 24.7 Å². The van der Waals surface area contributed by atoms with E-state index in [1.807, 2.05) is 0 Å². The molecule has 0 saturated heterocycles. The van der Waals surface area contributed by atoms with E-state index in [4.69, 9.17) is 16.3 Å². The summed E-state index contributed by atoms with van der Waals surface area (Å²) >= 11 is 7.06. The number of hydrogen-bond acceptors (Lipinski definition) is 7. The van der Waals surface area contributed by atoms with Crippen molar-refractivity contribution in [2.75, 3.05) is 11.1 Å². The number of non-ortho nitro benzene ring substituents is 1. The van der Waals surface area contributed by atoms with Crippen molar-refractivity contribution in [3.05, 3.63) is 81.6 Å². The zero-order valence-corrected chi connectivity index (χ0v) is 19.3. The van der Waals surface area contributed by atoms with Crippen molar-refractivity contribution in [1.82, 2.24) is 14.8 Å². The number of nitrogens with zero attached hydrogens (tertiary/aromatic N) is 4. The molecule has 1 amide bonds. The van der Waals surface area contributed by atoms with Gasteiger partial charge in [0.2, 0.25) is 5.91 Å². The highest BCUT2D eigenvalue weighted by Gasteiger charge is 2.21. The molecular formula is C21H18ClF2N5O4S. The van der Waals surface area contributed by atoms with Gasteiger partial charge in [0.1, 0.15) is 5.82 Å². The van der Waals surface area contributed by atoms with Crippen LogP contribution in [0.5, 0.6) is 5.75 Å². The molecule has 9 nitrogen and oxygen atoms in total. The van der Waals surface area contributed by atoms with Crippen LogP contribution in [0.1, 0.15) is 18.9 Å². The molecule has 2 aromatic carbocycles. The van der Waals surface area contributed by atoms with Gasteiger partial charge in [-0.1, -0.05) is 29.4 Å². The first-order chi connectivity index (χ1) is 16.2. The molecule has 0 spiro atoms. The van der Waals surface area contributed by atoms with E-state index in [-0.39, 0.29) is 34.4 Å². The monoisotopic (exact) mass is 509 g/mol. The highest BCUT2D eigenvalue weighted by Crippen LogP contribution is 2.29. The van der Waals surface area contributed by atoms with Crippen molar-refractivity contribution in [3.8, 4) is 5.75 Å². The van der Waals surface area contributed by atoms with Gasteiger partial charge >= 0.3 is 0 Å². The minimum atomic E-state index is -0.854. The highest BCUT2D eigenvalue weighted by molar-refractivity contribution is 7.99. The van der Waals surface area contributed by atoms with Gasteiger partial charge in [0.05, 0.1) is 21.4 Å². The third-order valence-electron chi connectivity index (χ3n) is 4.39. The van der Waals surface area contributed by atoms with E-state index >= 15 is 0 Å². The minimum absolute atomic E-state index is 0.101. The van der Waals surface area contributed by atoms with Gasteiger partial charge in [0.15, 0.2) is 28.7 Å². The number of thioether (sulfide) groups is 1. The van der Waals surface area contributed by atoms with Crippen LogP contribution in [-0.2, 0) is 11.3 Å². The smallest absolute Gasteiger partial charge is 0.271 e. The van der Waals surface area contributed by atoms with Crippen LogP contribution in [0, 0.1) is 21.7 Å². The summed E-state index contributed by atoms with van der Waals surface area (Å²) < 4.78 is 34.3. The largest absolute Gasteiger partial charge is 0.480 e. The van der Waals surface area contributed by atoms with Crippen molar-refractivity contribution in [1.29, 1.82) is 0 Å². The second-order valence-corrected chi connectivity index (χ2v) is 8.18. The topological polar surface area (TPSA) is 112 Å². The van der Waals surface area contributed by atoms with Crippen LogP contribution in [-0.4, -0.2) is 31.3 Å². The normalized spacial score (nSPS) is 11.6. The number of anilines is 1. The Hall–Kier alpha value is -3.51. The molecule has 0 aliphatic heterocycles. The number of amides is 1. The van der Waals surface area contributed by atoms with E-state index in [0.29, 0.717) is 17.0 Å². The quantitative estimate of drug-likeness (QED) is 0.173. The molecule has 1 unspecified atom stereocenters. The minimum Gasteiger partial charge on any atom is -0.480 e. The van der Waals surface area contributed by atoms with Crippen molar-refractivity contribution in [3.63, 3.8) is 0 Å². The molecule has 178 valence electrons. The summed E-state index contributed by atoms with van der Waals surface area (Å²) in [6.07, 6.45) is 0.838. The van der Waals surface area contributed by atoms with E-state index in [1.54, 1.807) is 17.6 Å². The molecule has 0 fully saturated rings. The predicted molar refractivity (Wildman–Crippen MR) is 123 cm³/mol. The lowest BCUT2D eigenvalue weighted by molar-refractivity contribution is -0.384. The molecule has 1 aromatic heterocycles. The molecule has 34 heavy (non-hydrogen) atoms. The number of rotatable bonds is 10. The fourth-order valence-electron chi connectivity index (χ4n) is 2.86. The molecule has 0 bridgehead atoms. The predicted octanol–water partition coefficient (Wildman–Crippen LogP) is 5.17. The Balaban J connectivity index is 1.70. The van der Waals surface area contributed by atoms with Crippen molar-refractivity contribution in [2.45, 2.75) is 24.7 Å². The fourth-order valence-corrected chi connectivity index (χ4v) is 3.78. The van der Waals surface area contributed by atoms with Gasteiger partial charge in [-0.15, -0.1) is 16.8 Å². The molecule has 1 atom stereocenters. The lowest BCUT2D eigenvalue weighted by Gasteiger charge is -2.16. The molecule has 0 aliphatic carbocycles. The van der Waals surface area contributed by atoms with Crippen LogP contribution in [0.2, 0.25) is 5.02 Å². The summed E-state index contributed by atoms with van der Waals surface area (Å²) in [6, 6.07) is 6.68. The average Bonchev–Trinajstić information content (AvgIpc) is 3.18. The second kappa shape index (κ2) is 11.1. The van der Waals surface area contributed by atoms with Crippen LogP contribution in [0.3, 0.4) is 0 Å². The van der Waals surface area contributed by atoms with Crippen LogP contribution in [0.15, 0.2) is 54.2 Å². The summed E-state index contributed by atoms with van der Waals surface area (Å²) in [5.41, 5.74) is -0.104. The molecule has 0 saturated carbocycles. The Morgan fingerprint density at radius 2 is 2.12 bits per heavy atom. The first kappa shape index (κ1) is 25.1. The van der Waals surface area contributed by atoms with E-state index in [1.165, 1.54) is 18.2 Å². The zero-order valence-electron chi connectivity index (χ0n) is 17.7. The van der Waals surface area contributed by atoms with Crippen LogP contribution < -0.4 is 10.1 Å². The van der Waals surface area contributed by atoms with Gasteiger partial charge in [-0.2, -0.15) is 0 Å². The molecule has 0 radical (unpaired) electrons. The number of allylic oxidation sites excluding steroid dienone is 1. The van der Waals surface area contributed by atoms with Gasteiger partial charge in [-0.25, -0.2) is 8.78 Å². The first-order valence-corrected chi connectivity index (χ1v) is 11.1. The lowest BCUT2D eigenvalue weighted by Crippen LogP contribution is -2.16. The lowest BCUT2D eigenvalue weighted by atomic mass is 10.3. The standard InChI is InChI=1S/C21H18ClF2N5O4S/c1-3-8-28-20(12(2)33-18-7-4-13(23)9-16(18)24)26-27-21(28)34-11-19(30)25-17-10-14(29(31)32)5-6-15(17)22/h3-7,9-10,12H,1,8,11H2,2H3,(H,25,30). The van der Waals surface area contributed by atoms with E-state index in [9.17, 15) is 23.7 Å². The Labute approximate surface area is 201 Å². The molecular weight excluding hydrogens is 492 g/mol. The summed E-state index contributed by atoms with van der Waals surface area (Å²) in [6.45, 7) is 5.59. The molecule has 3 aromatic rings. The third kappa shape index (κ3) is 6.08. The van der Waals surface area contributed by atoms with Gasteiger partial charge in [-0.3, -0.25) is 19.5 Å². The van der Waals surface area contributed by atoms with E-state index in [0.717, 1.165) is 23.9 Å². The van der Waals surface area contributed by atoms with E-state index < -0.39 is 28.6 Å². The number of nitro benzene ring substituents is 1. The zero-order chi connectivity index (χ0) is 24.8. The Kier molecular flexibility index (Phi) is 8.18. The molecule has 0 aliphatic rings. The maximum Gasteiger partial charge on any atom is 0.271 e. The van der Waals surface area contributed by atoms with Crippen molar-refractivity contribution < 1.29 is 23.2 Å². The first-order valence-electron chi connectivity index (χ1n) is 9.72. The number of aromatic nitrogens is 3. The van der Waals surface area contributed by atoms with Crippen LogP contribution >= 0.6 is 23.4 Å². The molecule has 1 heterocycles. The number of hydrogen-bond donors (Lipinski definition) is 1. The number of benzene rings is 2. The van der Waals surface area contributed by atoms with Crippen molar-refractivity contribution >= 4 is 40.6 Å². The number of carbonyl (C=O) groups is 1. The third-order valence-corrected chi connectivity index (χ3v) is 5.68. The van der Waals surface area contributed by atoms with Crippen molar-refractivity contribution in [2.24, 2.45) is 0 Å². The molecule has 13 heteroatoms. The highest BCUT2D eigenvalue weighted by atomic mass is 35.5. The summed E-state index contributed by atoms with van der Waals surface area (Å²) in [5.74, 6) is -1.96. The molecule has 3 rings (SSSR count). The summed E-state index contributed by atoms with van der Waals surface area (Å²) in [5, 5.41) is 22.1. The summed E-state index contributed by atoms with van der Waals surface area (Å²) in [4.78, 5) is 22.7. The number of ether oxygens (including phenoxy) is 1. The summed E-state index contributed by atoms with van der Waals surface area (Å²) in [7, 11) is 0. The van der Waals surface area contributed by atoms with Gasteiger partial charge in [0.25, 0.3) is 5.69 Å². The van der Waals surface area contributed by atoms with E-state index in [2.05, 4.69) is 22.1 Å². The van der Waals surface area contributed by atoms with Gasteiger partial charge in [-0.05, 0) is 25.1 Å². The maximum absolute atomic E-state index is 13.9. The number of carbonyl (C=O) groups excluding carboxylic acids is 1. The van der Waals surface area contributed by atoms with Crippen LogP contribution in [0.4, 0.5) is 20.2 Å².